The second kappa shape index (κ2) is 5.61. The van der Waals surface area contributed by atoms with E-state index in [0.717, 1.165) is 22.8 Å². The van der Waals surface area contributed by atoms with Crippen molar-refractivity contribution in [3.63, 3.8) is 0 Å². The Morgan fingerprint density at radius 3 is 2.37 bits per heavy atom. The number of hydrogen-bond donors (Lipinski definition) is 2. The summed E-state index contributed by atoms with van der Waals surface area (Å²) >= 11 is 0. The third-order valence-electron chi connectivity index (χ3n) is 2.84. The van der Waals surface area contributed by atoms with Crippen LogP contribution in [0.3, 0.4) is 0 Å². The highest BCUT2D eigenvalue weighted by Crippen LogP contribution is 2.16. The van der Waals surface area contributed by atoms with E-state index in [2.05, 4.69) is 10.6 Å². The van der Waals surface area contributed by atoms with Gasteiger partial charge in [0.2, 0.25) is 0 Å². The molecule has 4 heteroatoms. The lowest BCUT2D eigenvalue weighted by Gasteiger charge is -2.12. The standard InChI is InChI=1S/C15H18N2O2/c1-10-4-7-13(8-5-10)17-15(18)16-12(3)14-9-6-11(2)19-14/h4-9,12H,1-3H3,(H2,16,17,18). The van der Waals surface area contributed by atoms with E-state index < -0.39 is 0 Å². The maximum atomic E-state index is 11.8. The molecule has 4 nitrogen and oxygen atoms in total. The number of carbonyl (C=O) groups is 1. The van der Waals surface area contributed by atoms with Gasteiger partial charge in [-0.05, 0) is 45.0 Å². The Morgan fingerprint density at radius 2 is 1.79 bits per heavy atom. The van der Waals surface area contributed by atoms with Gasteiger partial charge in [0.05, 0.1) is 6.04 Å². The molecule has 1 heterocycles. The van der Waals surface area contributed by atoms with Crippen molar-refractivity contribution in [3.8, 4) is 0 Å². The minimum Gasteiger partial charge on any atom is -0.464 e. The molecule has 0 saturated carbocycles. The fourth-order valence-corrected chi connectivity index (χ4v) is 1.76. The number of anilines is 1. The third kappa shape index (κ3) is 3.61. The number of nitrogens with one attached hydrogen (secondary N) is 2. The zero-order valence-corrected chi connectivity index (χ0v) is 11.4. The molecule has 0 spiro atoms. The molecule has 0 saturated heterocycles. The maximum Gasteiger partial charge on any atom is 0.319 e. The van der Waals surface area contributed by atoms with Gasteiger partial charge in [-0.3, -0.25) is 0 Å². The van der Waals surface area contributed by atoms with Gasteiger partial charge < -0.3 is 15.1 Å². The number of aryl methyl sites for hydroxylation is 2. The Kier molecular flexibility index (Phi) is 3.90. The summed E-state index contributed by atoms with van der Waals surface area (Å²) < 4.78 is 5.47. The highest BCUT2D eigenvalue weighted by molar-refractivity contribution is 5.89. The summed E-state index contributed by atoms with van der Waals surface area (Å²) in [5.74, 6) is 1.58. The maximum absolute atomic E-state index is 11.8. The van der Waals surface area contributed by atoms with Gasteiger partial charge in [0.15, 0.2) is 0 Å². The van der Waals surface area contributed by atoms with E-state index in [4.69, 9.17) is 4.42 Å². The van der Waals surface area contributed by atoms with E-state index in [0.29, 0.717) is 0 Å². The molecule has 2 rings (SSSR count). The molecule has 0 radical (unpaired) electrons. The monoisotopic (exact) mass is 258 g/mol. The molecule has 1 unspecified atom stereocenters. The van der Waals surface area contributed by atoms with E-state index in [1.54, 1.807) is 0 Å². The van der Waals surface area contributed by atoms with Crippen molar-refractivity contribution < 1.29 is 9.21 Å². The lowest BCUT2D eigenvalue weighted by atomic mass is 10.2. The molecule has 1 aromatic carbocycles. The van der Waals surface area contributed by atoms with E-state index in [9.17, 15) is 4.79 Å². The van der Waals surface area contributed by atoms with Gasteiger partial charge in [-0.1, -0.05) is 17.7 Å². The predicted molar refractivity (Wildman–Crippen MR) is 75.2 cm³/mol. The minimum atomic E-state index is -0.245. The molecule has 0 aliphatic carbocycles. The first-order valence-corrected chi connectivity index (χ1v) is 6.25. The molecule has 2 aromatic rings. The molecule has 0 aliphatic rings. The Bertz CT molecular complexity index is 558. The second-order valence-electron chi connectivity index (χ2n) is 4.63. The molecule has 0 aliphatic heterocycles. The van der Waals surface area contributed by atoms with Crippen LogP contribution in [0.15, 0.2) is 40.8 Å². The van der Waals surface area contributed by atoms with Crippen LogP contribution in [0.4, 0.5) is 10.5 Å². The van der Waals surface area contributed by atoms with Crippen molar-refractivity contribution >= 4 is 11.7 Å². The minimum absolute atomic E-state index is 0.167. The van der Waals surface area contributed by atoms with Crippen molar-refractivity contribution in [2.24, 2.45) is 0 Å². The summed E-state index contributed by atoms with van der Waals surface area (Å²) in [6.45, 7) is 5.76. The van der Waals surface area contributed by atoms with Crippen LogP contribution in [-0.2, 0) is 0 Å². The average molecular weight is 258 g/mol. The van der Waals surface area contributed by atoms with Crippen LogP contribution in [0.2, 0.25) is 0 Å². The fourth-order valence-electron chi connectivity index (χ4n) is 1.76. The number of amides is 2. The summed E-state index contributed by atoms with van der Waals surface area (Å²) in [4.78, 5) is 11.8. The van der Waals surface area contributed by atoms with Crippen LogP contribution in [0, 0.1) is 13.8 Å². The SMILES string of the molecule is Cc1ccc(NC(=O)NC(C)c2ccc(C)o2)cc1. The molecule has 2 N–H and O–H groups in total. The van der Waals surface area contributed by atoms with Crippen molar-refractivity contribution in [3.05, 3.63) is 53.5 Å². The van der Waals surface area contributed by atoms with Crippen LogP contribution in [0.5, 0.6) is 0 Å². The van der Waals surface area contributed by atoms with Crippen molar-refractivity contribution in [2.75, 3.05) is 5.32 Å². The highest BCUT2D eigenvalue weighted by Gasteiger charge is 2.12. The summed E-state index contributed by atoms with van der Waals surface area (Å²) in [7, 11) is 0. The molecular weight excluding hydrogens is 240 g/mol. The zero-order chi connectivity index (χ0) is 13.8. The summed E-state index contributed by atoms with van der Waals surface area (Å²) in [5, 5.41) is 5.61. The van der Waals surface area contributed by atoms with Gasteiger partial charge in [-0.2, -0.15) is 0 Å². The smallest absolute Gasteiger partial charge is 0.319 e. The van der Waals surface area contributed by atoms with Crippen molar-refractivity contribution in [2.45, 2.75) is 26.8 Å². The van der Waals surface area contributed by atoms with Gasteiger partial charge in [0, 0.05) is 5.69 Å². The number of benzene rings is 1. The van der Waals surface area contributed by atoms with Gasteiger partial charge in [-0.15, -0.1) is 0 Å². The Balaban J connectivity index is 1.92. The molecule has 2 amide bonds. The largest absolute Gasteiger partial charge is 0.464 e. The van der Waals surface area contributed by atoms with Crippen LogP contribution in [0.1, 0.15) is 30.0 Å². The molecule has 1 aromatic heterocycles. The molecule has 19 heavy (non-hydrogen) atoms. The summed E-state index contributed by atoms with van der Waals surface area (Å²) in [6, 6.07) is 11.0. The van der Waals surface area contributed by atoms with Crippen LogP contribution < -0.4 is 10.6 Å². The Morgan fingerprint density at radius 1 is 1.11 bits per heavy atom. The number of hydrogen-bond acceptors (Lipinski definition) is 2. The van der Waals surface area contributed by atoms with E-state index in [1.165, 1.54) is 0 Å². The van der Waals surface area contributed by atoms with Crippen molar-refractivity contribution in [1.29, 1.82) is 0 Å². The number of rotatable bonds is 3. The summed E-state index contributed by atoms with van der Waals surface area (Å²) in [6.07, 6.45) is 0. The molecule has 0 fully saturated rings. The zero-order valence-electron chi connectivity index (χ0n) is 11.4. The van der Waals surface area contributed by atoms with Gasteiger partial charge in [0.25, 0.3) is 0 Å². The third-order valence-corrected chi connectivity index (χ3v) is 2.84. The molecular formula is C15H18N2O2. The van der Waals surface area contributed by atoms with Gasteiger partial charge >= 0.3 is 6.03 Å². The van der Waals surface area contributed by atoms with Gasteiger partial charge in [0.1, 0.15) is 11.5 Å². The first-order valence-electron chi connectivity index (χ1n) is 6.25. The Labute approximate surface area is 112 Å². The van der Waals surface area contributed by atoms with Gasteiger partial charge in [-0.25, -0.2) is 4.79 Å². The van der Waals surface area contributed by atoms with E-state index in [-0.39, 0.29) is 12.1 Å². The molecule has 100 valence electrons. The van der Waals surface area contributed by atoms with Crippen LogP contribution >= 0.6 is 0 Å². The van der Waals surface area contributed by atoms with Crippen LogP contribution in [0.25, 0.3) is 0 Å². The summed E-state index contributed by atoms with van der Waals surface area (Å²) in [5.41, 5.74) is 1.93. The van der Waals surface area contributed by atoms with Crippen molar-refractivity contribution in [1.82, 2.24) is 5.32 Å². The number of carbonyl (C=O) groups excluding carboxylic acids is 1. The quantitative estimate of drug-likeness (QED) is 0.880. The second-order valence-corrected chi connectivity index (χ2v) is 4.63. The predicted octanol–water partition coefficient (Wildman–Crippen LogP) is 3.78. The highest BCUT2D eigenvalue weighted by atomic mass is 16.3. The first-order chi connectivity index (χ1) is 9.04. The normalized spacial score (nSPS) is 11.9. The lowest BCUT2D eigenvalue weighted by molar-refractivity contribution is 0.247. The molecule has 0 bridgehead atoms. The fraction of sp³-hybridized carbons (Fsp3) is 0.267. The number of furan rings is 1. The first kappa shape index (κ1) is 13.2. The van der Waals surface area contributed by atoms with E-state index in [1.807, 2.05) is 57.2 Å². The lowest BCUT2D eigenvalue weighted by Crippen LogP contribution is -2.30. The average Bonchev–Trinajstić information content (AvgIpc) is 2.79. The number of urea groups is 1. The Hall–Kier alpha value is -2.23. The van der Waals surface area contributed by atoms with E-state index >= 15 is 0 Å². The topological polar surface area (TPSA) is 54.3 Å². The molecule has 1 atom stereocenters. The van der Waals surface area contributed by atoms with Crippen LogP contribution in [-0.4, -0.2) is 6.03 Å².